The van der Waals surface area contributed by atoms with Gasteiger partial charge in [-0.05, 0) is 44.3 Å². The van der Waals surface area contributed by atoms with Crippen molar-refractivity contribution in [2.75, 3.05) is 19.6 Å². The molecule has 4 nitrogen and oxygen atoms in total. The molecule has 0 bridgehead atoms. The monoisotopic (exact) mass is 236 g/mol. The van der Waals surface area contributed by atoms with Gasteiger partial charge in [0, 0.05) is 20.1 Å². The quantitative estimate of drug-likeness (QED) is 0.853. The van der Waals surface area contributed by atoms with Gasteiger partial charge in [-0.15, -0.1) is 0 Å². The Balaban J connectivity index is 1.95. The highest BCUT2D eigenvalue weighted by molar-refractivity contribution is 5.10. The van der Waals surface area contributed by atoms with Crippen molar-refractivity contribution < 1.29 is 0 Å². The van der Waals surface area contributed by atoms with Crippen LogP contribution in [0.4, 0.5) is 0 Å². The fourth-order valence-electron chi connectivity index (χ4n) is 2.76. The Morgan fingerprint density at radius 2 is 2.35 bits per heavy atom. The summed E-state index contributed by atoms with van der Waals surface area (Å²) >= 11 is 0. The summed E-state index contributed by atoms with van der Waals surface area (Å²) < 4.78 is 1.91. The van der Waals surface area contributed by atoms with Crippen LogP contribution in [0.2, 0.25) is 0 Å². The van der Waals surface area contributed by atoms with Gasteiger partial charge in [0.05, 0.1) is 11.4 Å². The van der Waals surface area contributed by atoms with E-state index in [-0.39, 0.29) is 0 Å². The summed E-state index contributed by atoms with van der Waals surface area (Å²) in [6.45, 7) is 6.49. The Kier molecular flexibility index (Phi) is 4.18. The van der Waals surface area contributed by atoms with Crippen molar-refractivity contribution in [1.29, 1.82) is 0 Å². The van der Waals surface area contributed by atoms with Crippen molar-refractivity contribution in [3.63, 3.8) is 0 Å². The van der Waals surface area contributed by atoms with Gasteiger partial charge in [-0.2, -0.15) is 5.10 Å². The average Bonchev–Trinajstić information content (AvgIpc) is 2.69. The van der Waals surface area contributed by atoms with Crippen molar-refractivity contribution in [2.45, 2.75) is 32.7 Å². The molecule has 1 aromatic heterocycles. The van der Waals surface area contributed by atoms with Crippen LogP contribution in [0.15, 0.2) is 6.07 Å². The van der Waals surface area contributed by atoms with Gasteiger partial charge < -0.3 is 10.6 Å². The maximum atomic E-state index is 5.67. The Bertz CT molecular complexity index is 358. The Hall–Kier alpha value is -0.870. The lowest BCUT2D eigenvalue weighted by Gasteiger charge is -2.31. The maximum Gasteiger partial charge on any atom is 0.0631 e. The topological polar surface area (TPSA) is 47.1 Å². The highest BCUT2D eigenvalue weighted by atomic mass is 15.3. The molecule has 0 saturated carbocycles. The summed E-state index contributed by atoms with van der Waals surface area (Å²) in [5.74, 6) is 0.768. The van der Waals surface area contributed by atoms with E-state index in [1.807, 2.05) is 11.7 Å². The van der Waals surface area contributed by atoms with Gasteiger partial charge in [0.1, 0.15) is 0 Å². The summed E-state index contributed by atoms with van der Waals surface area (Å²) in [4.78, 5) is 2.54. The molecular formula is C13H24N4. The molecule has 2 rings (SSSR count). The van der Waals surface area contributed by atoms with Crippen LogP contribution in [0.5, 0.6) is 0 Å². The molecular weight excluding hydrogens is 212 g/mol. The minimum Gasteiger partial charge on any atom is -0.325 e. The maximum absolute atomic E-state index is 5.67. The lowest BCUT2D eigenvalue weighted by atomic mass is 9.93. The van der Waals surface area contributed by atoms with Crippen LogP contribution in [0.1, 0.15) is 31.2 Å². The fraction of sp³-hybridized carbons (Fsp3) is 0.769. The van der Waals surface area contributed by atoms with Gasteiger partial charge in [-0.25, -0.2) is 0 Å². The zero-order valence-corrected chi connectivity index (χ0v) is 11.0. The van der Waals surface area contributed by atoms with Crippen LogP contribution in [-0.2, 0) is 20.0 Å². The number of aromatic nitrogens is 2. The van der Waals surface area contributed by atoms with E-state index in [1.165, 1.54) is 38.2 Å². The summed E-state index contributed by atoms with van der Waals surface area (Å²) in [5.41, 5.74) is 8.00. The number of nitrogens with zero attached hydrogens (tertiary/aromatic N) is 3. The van der Waals surface area contributed by atoms with Crippen LogP contribution < -0.4 is 5.73 Å². The molecule has 17 heavy (non-hydrogen) atoms. The Labute approximate surface area is 104 Å². The van der Waals surface area contributed by atoms with Gasteiger partial charge in [0.25, 0.3) is 0 Å². The molecule has 0 radical (unpaired) electrons. The average molecular weight is 236 g/mol. The molecule has 0 spiro atoms. The number of likely N-dealkylation sites (tertiary alicyclic amines) is 1. The molecule has 1 fully saturated rings. The molecule has 0 aliphatic carbocycles. The number of hydrogen-bond acceptors (Lipinski definition) is 3. The first-order chi connectivity index (χ1) is 8.22. The zero-order valence-electron chi connectivity index (χ0n) is 11.0. The first-order valence-corrected chi connectivity index (χ1v) is 6.67. The van der Waals surface area contributed by atoms with E-state index in [0.717, 1.165) is 18.0 Å². The van der Waals surface area contributed by atoms with Gasteiger partial charge in [-0.1, -0.05) is 6.92 Å². The van der Waals surface area contributed by atoms with E-state index in [9.17, 15) is 0 Å². The summed E-state index contributed by atoms with van der Waals surface area (Å²) in [7, 11) is 1.98. The van der Waals surface area contributed by atoms with E-state index in [0.29, 0.717) is 6.54 Å². The normalized spacial score (nSPS) is 21.9. The summed E-state index contributed by atoms with van der Waals surface area (Å²) in [6.07, 6.45) is 3.77. The Morgan fingerprint density at radius 3 is 3.00 bits per heavy atom. The number of aryl methyl sites for hydroxylation is 1. The van der Waals surface area contributed by atoms with Crippen LogP contribution in [0.3, 0.4) is 0 Å². The fourth-order valence-corrected chi connectivity index (χ4v) is 2.76. The lowest BCUT2D eigenvalue weighted by Crippen LogP contribution is -2.35. The number of hydrogen-bond donors (Lipinski definition) is 1. The van der Waals surface area contributed by atoms with Gasteiger partial charge in [0.15, 0.2) is 0 Å². The van der Waals surface area contributed by atoms with Crippen molar-refractivity contribution in [3.05, 3.63) is 17.5 Å². The van der Waals surface area contributed by atoms with Crippen LogP contribution >= 0.6 is 0 Å². The highest BCUT2D eigenvalue weighted by Crippen LogP contribution is 2.20. The Morgan fingerprint density at radius 1 is 1.53 bits per heavy atom. The second kappa shape index (κ2) is 5.65. The molecule has 0 aromatic carbocycles. The van der Waals surface area contributed by atoms with Crippen molar-refractivity contribution in [3.8, 4) is 0 Å². The number of nitrogens with two attached hydrogens (primary N) is 1. The first kappa shape index (κ1) is 12.6. The zero-order chi connectivity index (χ0) is 12.3. The molecule has 96 valence electrons. The van der Waals surface area contributed by atoms with Crippen LogP contribution in [-0.4, -0.2) is 34.3 Å². The third-order valence-corrected chi connectivity index (χ3v) is 3.78. The molecule has 0 amide bonds. The van der Waals surface area contributed by atoms with E-state index in [2.05, 4.69) is 23.0 Å². The highest BCUT2D eigenvalue weighted by Gasteiger charge is 2.20. The smallest absolute Gasteiger partial charge is 0.0631 e. The predicted molar refractivity (Wildman–Crippen MR) is 69.6 cm³/mol. The lowest BCUT2D eigenvalue weighted by molar-refractivity contribution is 0.181. The van der Waals surface area contributed by atoms with Crippen LogP contribution in [0, 0.1) is 5.92 Å². The number of piperidine rings is 1. The van der Waals surface area contributed by atoms with Gasteiger partial charge in [-0.3, -0.25) is 4.68 Å². The summed E-state index contributed by atoms with van der Waals surface area (Å²) in [6, 6.07) is 2.16. The van der Waals surface area contributed by atoms with Gasteiger partial charge in [0.2, 0.25) is 0 Å². The van der Waals surface area contributed by atoms with Gasteiger partial charge >= 0.3 is 0 Å². The van der Waals surface area contributed by atoms with E-state index in [4.69, 9.17) is 5.73 Å². The minimum absolute atomic E-state index is 0.579. The third kappa shape index (κ3) is 3.07. The second-order valence-electron chi connectivity index (χ2n) is 5.06. The third-order valence-electron chi connectivity index (χ3n) is 3.78. The second-order valence-corrected chi connectivity index (χ2v) is 5.06. The van der Waals surface area contributed by atoms with E-state index < -0.39 is 0 Å². The standard InChI is InChI=1S/C13H24N4/c1-3-17-6-4-5-11(10-17)7-12-8-13(9-14)16(2)15-12/h8,11H,3-7,9-10,14H2,1-2H3. The van der Waals surface area contributed by atoms with Crippen molar-refractivity contribution in [2.24, 2.45) is 18.7 Å². The molecule has 1 atom stereocenters. The molecule has 1 aliphatic rings. The number of rotatable bonds is 4. The van der Waals surface area contributed by atoms with E-state index in [1.54, 1.807) is 0 Å². The molecule has 1 aliphatic heterocycles. The molecule has 1 saturated heterocycles. The first-order valence-electron chi connectivity index (χ1n) is 6.67. The van der Waals surface area contributed by atoms with Crippen molar-refractivity contribution in [1.82, 2.24) is 14.7 Å². The molecule has 1 unspecified atom stereocenters. The van der Waals surface area contributed by atoms with E-state index >= 15 is 0 Å². The molecule has 1 aromatic rings. The molecule has 2 N–H and O–H groups in total. The molecule has 4 heteroatoms. The largest absolute Gasteiger partial charge is 0.325 e. The summed E-state index contributed by atoms with van der Waals surface area (Å²) in [5, 5.41) is 4.54. The SMILES string of the molecule is CCN1CCCC(Cc2cc(CN)n(C)n2)C1. The van der Waals surface area contributed by atoms with Crippen LogP contribution in [0.25, 0.3) is 0 Å². The predicted octanol–water partition coefficient (Wildman–Crippen LogP) is 1.15. The minimum atomic E-state index is 0.579. The van der Waals surface area contributed by atoms with Crippen molar-refractivity contribution >= 4 is 0 Å². The molecule has 2 heterocycles.